The molecular weight excluding hydrogens is 421 g/mol. The van der Waals surface area contributed by atoms with Gasteiger partial charge in [0.2, 0.25) is 11.7 Å². The lowest BCUT2D eigenvalue weighted by Crippen LogP contribution is -2.25. The lowest BCUT2D eigenvalue weighted by atomic mass is 10.1. The van der Waals surface area contributed by atoms with Crippen molar-refractivity contribution < 1.29 is 22.4 Å². The van der Waals surface area contributed by atoms with E-state index in [9.17, 15) is 13.2 Å². The molecule has 0 saturated carbocycles. The Kier molecular flexibility index (Phi) is 8.76. The number of methoxy groups -OCH3 is 1. The van der Waals surface area contributed by atoms with Gasteiger partial charge in [-0.2, -0.15) is 18.2 Å². The van der Waals surface area contributed by atoms with Crippen LogP contribution < -0.4 is 0 Å². The fraction of sp³-hybridized carbons (Fsp3) is 0.350. The van der Waals surface area contributed by atoms with E-state index in [1.165, 1.54) is 12.1 Å². The molecular formula is C20H22ClF3N4O2. The van der Waals surface area contributed by atoms with Gasteiger partial charge in [0.15, 0.2) is 0 Å². The van der Waals surface area contributed by atoms with E-state index in [1.807, 2.05) is 18.2 Å². The van der Waals surface area contributed by atoms with Gasteiger partial charge < -0.3 is 9.26 Å². The third-order valence-electron chi connectivity index (χ3n) is 4.23. The van der Waals surface area contributed by atoms with Crippen LogP contribution in [0.2, 0.25) is 0 Å². The molecule has 0 saturated heterocycles. The van der Waals surface area contributed by atoms with Gasteiger partial charge in [-0.05, 0) is 30.7 Å². The third-order valence-corrected chi connectivity index (χ3v) is 4.23. The van der Waals surface area contributed by atoms with Crippen LogP contribution in [0.25, 0.3) is 11.4 Å². The highest BCUT2D eigenvalue weighted by Crippen LogP contribution is 2.30. The third kappa shape index (κ3) is 6.79. The van der Waals surface area contributed by atoms with Crippen molar-refractivity contribution in [1.82, 2.24) is 20.0 Å². The van der Waals surface area contributed by atoms with Gasteiger partial charge in [0.1, 0.15) is 0 Å². The van der Waals surface area contributed by atoms with E-state index in [1.54, 1.807) is 13.3 Å². The molecule has 0 spiro atoms. The first kappa shape index (κ1) is 23.8. The second-order valence-electron chi connectivity index (χ2n) is 6.46. The zero-order valence-corrected chi connectivity index (χ0v) is 17.1. The predicted molar refractivity (Wildman–Crippen MR) is 107 cm³/mol. The lowest BCUT2D eigenvalue weighted by Gasteiger charge is -2.19. The molecule has 0 aliphatic carbocycles. The average molecular weight is 443 g/mol. The molecule has 162 valence electrons. The van der Waals surface area contributed by atoms with Crippen molar-refractivity contribution in [3.05, 3.63) is 65.8 Å². The maximum atomic E-state index is 12.7. The zero-order chi connectivity index (χ0) is 20.7. The largest absolute Gasteiger partial charge is 0.416 e. The van der Waals surface area contributed by atoms with Crippen molar-refractivity contribution in [3.63, 3.8) is 0 Å². The minimum Gasteiger partial charge on any atom is -0.385 e. The van der Waals surface area contributed by atoms with E-state index < -0.39 is 11.7 Å². The first-order valence-electron chi connectivity index (χ1n) is 9.07. The molecule has 2 heterocycles. The zero-order valence-electron chi connectivity index (χ0n) is 16.3. The van der Waals surface area contributed by atoms with Crippen molar-refractivity contribution in [2.75, 3.05) is 20.3 Å². The SMILES string of the molecule is COCCCN(Cc1ccccn1)Cc1nc(-c2ccc(C(F)(F)F)cc2)no1.Cl. The second kappa shape index (κ2) is 11.1. The topological polar surface area (TPSA) is 64.3 Å². The van der Waals surface area contributed by atoms with Gasteiger partial charge in [0.05, 0.1) is 17.8 Å². The quantitative estimate of drug-likeness (QED) is 0.451. The minimum atomic E-state index is -4.38. The van der Waals surface area contributed by atoms with Crippen LogP contribution in [0.1, 0.15) is 23.6 Å². The van der Waals surface area contributed by atoms with E-state index in [0.717, 1.165) is 30.8 Å². The summed E-state index contributed by atoms with van der Waals surface area (Å²) >= 11 is 0. The Hall–Kier alpha value is -2.49. The van der Waals surface area contributed by atoms with Gasteiger partial charge >= 0.3 is 6.18 Å². The number of hydrogen-bond acceptors (Lipinski definition) is 6. The standard InChI is InChI=1S/C20H21F3N4O2.ClH/c1-28-12-4-11-27(13-17-5-2-3-10-24-17)14-18-25-19(26-29-18)15-6-8-16(9-7-15)20(21,22)23;/h2-3,5-10H,4,11-14H2,1H3;1H. The normalized spacial score (nSPS) is 11.5. The summed E-state index contributed by atoms with van der Waals surface area (Å²) in [5.41, 5.74) is 0.653. The van der Waals surface area contributed by atoms with E-state index in [4.69, 9.17) is 9.26 Å². The molecule has 0 bridgehead atoms. The summed E-state index contributed by atoms with van der Waals surface area (Å²) in [6.07, 6.45) is -1.82. The van der Waals surface area contributed by atoms with Crippen molar-refractivity contribution in [3.8, 4) is 11.4 Å². The summed E-state index contributed by atoms with van der Waals surface area (Å²) in [5.74, 6) is 0.636. The van der Waals surface area contributed by atoms with Crippen molar-refractivity contribution in [2.45, 2.75) is 25.7 Å². The monoisotopic (exact) mass is 442 g/mol. The molecule has 6 nitrogen and oxygen atoms in total. The molecule has 0 fully saturated rings. The minimum absolute atomic E-state index is 0. The molecule has 0 amide bonds. The Morgan fingerprint density at radius 2 is 1.83 bits per heavy atom. The number of alkyl halides is 3. The Morgan fingerprint density at radius 3 is 2.47 bits per heavy atom. The molecule has 2 aromatic heterocycles. The van der Waals surface area contributed by atoms with Crippen LogP contribution >= 0.6 is 12.4 Å². The molecule has 1 aromatic carbocycles. The Balaban J connectivity index is 0.00000320. The summed E-state index contributed by atoms with van der Waals surface area (Å²) in [6.45, 7) is 2.36. The van der Waals surface area contributed by atoms with Crippen LogP contribution in [0.15, 0.2) is 53.2 Å². The Labute approximate surface area is 178 Å². The maximum absolute atomic E-state index is 12.7. The lowest BCUT2D eigenvalue weighted by molar-refractivity contribution is -0.137. The molecule has 30 heavy (non-hydrogen) atoms. The van der Waals surface area contributed by atoms with E-state index in [2.05, 4.69) is 20.0 Å². The van der Waals surface area contributed by atoms with Gasteiger partial charge in [0, 0.05) is 38.6 Å². The number of rotatable bonds is 9. The van der Waals surface area contributed by atoms with Crippen LogP contribution in [-0.4, -0.2) is 40.3 Å². The molecule has 0 radical (unpaired) electrons. The summed E-state index contributed by atoms with van der Waals surface area (Å²) in [5, 5.41) is 3.90. The van der Waals surface area contributed by atoms with Crippen LogP contribution in [-0.2, 0) is 24.0 Å². The first-order chi connectivity index (χ1) is 14.0. The van der Waals surface area contributed by atoms with E-state index in [-0.39, 0.29) is 18.2 Å². The van der Waals surface area contributed by atoms with Crippen molar-refractivity contribution in [2.24, 2.45) is 0 Å². The van der Waals surface area contributed by atoms with Crippen molar-refractivity contribution in [1.29, 1.82) is 0 Å². The highest BCUT2D eigenvalue weighted by Gasteiger charge is 2.30. The molecule has 3 aromatic rings. The molecule has 0 N–H and O–H groups in total. The Morgan fingerprint density at radius 1 is 1.07 bits per heavy atom. The second-order valence-corrected chi connectivity index (χ2v) is 6.46. The predicted octanol–water partition coefficient (Wildman–Crippen LogP) is 4.61. The first-order valence-corrected chi connectivity index (χ1v) is 9.07. The van der Waals surface area contributed by atoms with Crippen LogP contribution in [0.3, 0.4) is 0 Å². The summed E-state index contributed by atoms with van der Waals surface area (Å²) < 4.78 is 48.5. The molecule has 10 heteroatoms. The number of ether oxygens (including phenoxy) is 1. The van der Waals surface area contributed by atoms with E-state index >= 15 is 0 Å². The fourth-order valence-corrected chi connectivity index (χ4v) is 2.80. The molecule has 0 aliphatic heterocycles. The van der Waals surface area contributed by atoms with E-state index in [0.29, 0.717) is 31.2 Å². The van der Waals surface area contributed by atoms with Gasteiger partial charge in [-0.15, -0.1) is 12.4 Å². The number of hydrogen-bond donors (Lipinski definition) is 0. The number of aromatic nitrogens is 3. The smallest absolute Gasteiger partial charge is 0.385 e. The van der Waals surface area contributed by atoms with Gasteiger partial charge in [-0.3, -0.25) is 9.88 Å². The van der Waals surface area contributed by atoms with Crippen LogP contribution in [0.4, 0.5) is 13.2 Å². The van der Waals surface area contributed by atoms with Crippen LogP contribution in [0.5, 0.6) is 0 Å². The highest BCUT2D eigenvalue weighted by atomic mass is 35.5. The number of nitrogens with zero attached hydrogens (tertiary/aromatic N) is 4. The fourth-order valence-electron chi connectivity index (χ4n) is 2.80. The molecule has 0 aliphatic rings. The maximum Gasteiger partial charge on any atom is 0.416 e. The number of benzene rings is 1. The highest BCUT2D eigenvalue weighted by molar-refractivity contribution is 5.85. The molecule has 0 atom stereocenters. The van der Waals surface area contributed by atoms with Gasteiger partial charge in [-0.25, -0.2) is 0 Å². The van der Waals surface area contributed by atoms with Crippen LogP contribution in [0, 0.1) is 0 Å². The van der Waals surface area contributed by atoms with Crippen molar-refractivity contribution >= 4 is 12.4 Å². The van der Waals surface area contributed by atoms with Gasteiger partial charge in [-0.1, -0.05) is 23.4 Å². The summed E-state index contributed by atoms with van der Waals surface area (Å²) in [7, 11) is 1.65. The van der Waals surface area contributed by atoms with Gasteiger partial charge in [0.25, 0.3) is 0 Å². The number of pyridine rings is 1. The number of halogens is 4. The molecule has 3 rings (SSSR count). The summed E-state index contributed by atoms with van der Waals surface area (Å²) in [4.78, 5) is 10.8. The molecule has 0 unspecified atom stereocenters. The Bertz CT molecular complexity index is 889. The summed E-state index contributed by atoms with van der Waals surface area (Å²) in [6, 6.07) is 10.4. The average Bonchev–Trinajstić information content (AvgIpc) is 3.17.